The van der Waals surface area contributed by atoms with Crippen molar-refractivity contribution in [2.75, 3.05) is 0 Å². The van der Waals surface area contributed by atoms with Crippen LogP contribution in [0, 0.1) is 11.3 Å². The molecule has 0 aliphatic heterocycles. The summed E-state index contributed by atoms with van der Waals surface area (Å²) in [7, 11) is 0. The Kier molecular flexibility index (Phi) is 5.02. The van der Waals surface area contributed by atoms with E-state index in [-0.39, 0.29) is 0 Å². The van der Waals surface area contributed by atoms with Gasteiger partial charge in [0.05, 0.1) is 17.8 Å². The Hall–Kier alpha value is -1.27. The molecule has 0 aromatic heterocycles. The zero-order valence-electron chi connectivity index (χ0n) is 11.6. The van der Waals surface area contributed by atoms with Crippen molar-refractivity contribution < 1.29 is 32.6 Å². The van der Waals surface area contributed by atoms with Crippen LogP contribution in [0.5, 0.6) is 0 Å². The number of carbonyl (C=O) groups is 2. The fraction of sp³-hybridized carbons (Fsp3) is 0.833. The van der Waals surface area contributed by atoms with Crippen molar-refractivity contribution in [2.45, 2.75) is 52.8 Å². The predicted molar refractivity (Wildman–Crippen MR) is 61.4 cm³/mol. The maximum Gasteiger partial charge on any atom is 0.394 e. The number of alkyl halides is 3. The van der Waals surface area contributed by atoms with E-state index in [1.807, 2.05) is 0 Å². The van der Waals surface area contributed by atoms with E-state index < -0.39 is 41.5 Å². The summed E-state index contributed by atoms with van der Waals surface area (Å²) in [6.45, 7) is 6.17. The number of esters is 1. The zero-order valence-corrected chi connectivity index (χ0v) is 11.6. The molecule has 0 saturated carbocycles. The highest BCUT2D eigenvalue weighted by Gasteiger charge is 2.55. The van der Waals surface area contributed by atoms with Gasteiger partial charge < -0.3 is 9.84 Å². The second-order valence-electron chi connectivity index (χ2n) is 5.90. The summed E-state index contributed by atoms with van der Waals surface area (Å²) >= 11 is 0. The molecule has 4 nitrogen and oxygen atoms in total. The lowest BCUT2D eigenvalue weighted by Gasteiger charge is -2.33. The van der Waals surface area contributed by atoms with Gasteiger partial charge in [-0.1, -0.05) is 13.8 Å². The summed E-state index contributed by atoms with van der Waals surface area (Å²) < 4.78 is 43.3. The van der Waals surface area contributed by atoms with Gasteiger partial charge in [-0.2, -0.15) is 13.2 Å². The van der Waals surface area contributed by atoms with Gasteiger partial charge in [0.2, 0.25) is 0 Å². The van der Waals surface area contributed by atoms with Crippen LogP contribution in [0.2, 0.25) is 0 Å². The van der Waals surface area contributed by atoms with Gasteiger partial charge >= 0.3 is 18.1 Å². The van der Waals surface area contributed by atoms with Crippen LogP contribution in [-0.2, 0) is 14.3 Å². The SMILES string of the molecule is CC(C)(C)OC(=O)C[C@H](C(=O)O)C(C)(C)C(F)(F)F. The monoisotopic (exact) mass is 284 g/mol. The molecule has 0 unspecified atom stereocenters. The third kappa shape index (κ3) is 5.08. The number of rotatable bonds is 4. The van der Waals surface area contributed by atoms with E-state index in [1.165, 1.54) is 0 Å². The van der Waals surface area contributed by atoms with Crippen LogP contribution in [0.1, 0.15) is 41.0 Å². The normalized spacial score (nSPS) is 14.9. The third-order valence-corrected chi connectivity index (χ3v) is 2.69. The first kappa shape index (κ1) is 17.7. The summed E-state index contributed by atoms with van der Waals surface area (Å²) in [6, 6.07) is 0. The Morgan fingerprint density at radius 1 is 1.11 bits per heavy atom. The summed E-state index contributed by atoms with van der Waals surface area (Å²) in [5.74, 6) is -4.52. The largest absolute Gasteiger partial charge is 0.481 e. The summed E-state index contributed by atoms with van der Waals surface area (Å²) in [5.41, 5.74) is -3.39. The molecule has 0 rings (SSSR count). The van der Waals surface area contributed by atoms with Crippen molar-refractivity contribution in [1.29, 1.82) is 0 Å². The molecule has 0 amide bonds. The molecule has 0 saturated heterocycles. The van der Waals surface area contributed by atoms with Crippen molar-refractivity contribution in [1.82, 2.24) is 0 Å². The van der Waals surface area contributed by atoms with Crippen LogP contribution >= 0.6 is 0 Å². The highest BCUT2D eigenvalue weighted by molar-refractivity contribution is 5.79. The minimum absolute atomic E-state index is 0.760. The molecular formula is C12H19F3O4. The first-order valence-electron chi connectivity index (χ1n) is 5.70. The van der Waals surface area contributed by atoms with Crippen molar-refractivity contribution in [3.63, 3.8) is 0 Å². The zero-order chi connectivity index (χ0) is 15.6. The summed E-state index contributed by atoms with van der Waals surface area (Å²) in [4.78, 5) is 22.5. The highest BCUT2D eigenvalue weighted by atomic mass is 19.4. The number of carboxylic acid groups (broad SMARTS) is 1. The first-order valence-corrected chi connectivity index (χ1v) is 5.70. The predicted octanol–water partition coefficient (Wildman–Crippen LogP) is 3.01. The van der Waals surface area contributed by atoms with Gasteiger partial charge in [0.15, 0.2) is 0 Å². The van der Waals surface area contributed by atoms with Crippen LogP contribution < -0.4 is 0 Å². The Labute approximate surface area is 109 Å². The van der Waals surface area contributed by atoms with Crippen LogP contribution in [-0.4, -0.2) is 28.8 Å². The number of carbonyl (C=O) groups excluding carboxylic acids is 1. The molecule has 0 bridgehead atoms. The molecule has 0 aliphatic rings. The lowest BCUT2D eigenvalue weighted by atomic mass is 9.76. The van der Waals surface area contributed by atoms with Gasteiger partial charge in [-0.25, -0.2) is 0 Å². The van der Waals surface area contributed by atoms with Crippen LogP contribution in [0.4, 0.5) is 13.2 Å². The van der Waals surface area contributed by atoms with Gasteiger partial charge in [0, 0.05) is 0 Å². The summed E-state index contributed by atoms with van der Waals surface area (Å²) in [6.07, 6.45) is -5.54. The Morgan fingerprint density at radius 3 is 1.79 bits per heavy atom. The Bertz CT molecular complexity index is 353. The van der Waals surface area contributed by atoms with Gasteiger partial charge in [0.25, 0.3) is 0 Å². The lowest BCUT2D eigenvalue weighted by Crippen LogP contribution is -2.44. The topological polar surface area (TPSA) is 63.6 Å². The van der Waals surface area contributed by atoms with E-state index >= 15 is 0 Å². The van der Waals surface area contributed by atoms with E-state index in [2.05, 4.69) is 0 Å². The van der Waals surface area contributed by atoms with Crippen LogP contribution in [0.25, 0.3) is 0 Å². The molecule has 7 heteroatoms. The molecule has 0 fully saturated rings. The average molecular weight is 284 g/mol. The van der Waals surface area contributed by atoms with Crippen molar-refractivity contribution >= 4 is 11.9 Å². The van der Waals surface area contributed by atoms with Crippen molar-refractivity contribution in [3.8, 4) is 0 Å². The molecule has 1 atom stereocenters. The molecular weight excluding hydrogens is 265 g/mol. The number of aliphatic carboxylic acids is 1. The molecule has 0 aliphatic carbocycles. The molecule has 0 aromatic rings. The molecule has 0 spiro atoms. The van der Waals surface area contributed by atoms with Crippen LogP contribution in [0.3, 0.4) is 0 Å². The second-order valence-corrected chi connectivity index (χ2v) is 5.90. The molecule has 19 heavy (non-hydrogen) atoms. The number of carboxylic acids is 1. The molecule has 0 aromatic carbocycles. The van der Waals surface area contributed by atoms with E-state index in [4.69, 9.17) is 9.84 Å². The summed E-state index contributed by atoms with van der Waals surface area (Å²) in [5, 5.41) is 8.91. The minimum atomic E-state index is -4.72. The number of ether oxygens (including phenoxy) is 1. The van der Waals surface area contributed by atoms with Crippen LogP contribution in [0.15, 0.2) is 0 Å². The van der Waals surface area contributed by atoms with E-state index in [1.54, 1.807) is 20.8 Å². The van der Waals surface area contributed by atoms with Gasteiger partial charge in [0.1, 0.15) is 5.60 Å². The van der Waals surface area contributed by atoms with Crippen molar-refractivity contribution in [3.05, 3.63) is 0 Å². The molecule has 112 valence electrons. The van der Waals surface area contributed by atoms with E-state index in [0.717, 1.165) is 13.8 Å². The Morgan fingerprint density at radius 2 is 1.53 bits per heavy atom. The van der Waals surface area contributed by atoms with Gasteiger partial charge in [-0.05, 0) is 20.8 Å². The quantitative estimate of drug-likeness (QED) is 0.806. The van der Waals surface area contributed by atoms with Gasteiger partial charge in [-0.15, -0.1) is 0 Å². The maximum absolute atomic E-state index is 12.8. The standard InChI is InChI=1S/C12H19F3O4/c1-10(2,3)19-8(16)6-7(9(17)18)11(4,5)12(13,14)15/h7H,6H2,1-5H3,(H,17,18)/t7-/m1/s1. The minimum Gasteiger partial charge on any atom is -0.481 e. The third-order valence-electron chi connectivity index (χ3n) is 2.69. The number of hydrogen-bond acceptors (Lipinski definition) is 3. The lowest BCUT2D eigenvalue weighted by molar-refractivity contribution is -0.234. The maximum atomic E-state index is 12.8. The smallest absolute Gasteiger partial charge is 0.394 e. The van der Waals surface area contributed by atoms with Gasteiger partial charge in [-0.3, -0.25) is 9.59 Å². The molecule has 0 heterocycles. The number of halogens is 3. The Balaban J connectivity index is 5.07. The molecule has 1 N–H and O–H groups in total. The second kappa shape index (κ2) is 5.38. The highest BCUT2D eigenvalue weighted by Crippen LogP contribution is 2.45. The fourth-order valence-corrected chi connectivity index (χ4v) is 1.40. The number of hydrogen-bond donors (Lipinski definition) is 1. The fourth-order valence-electron chi connectivity index (χ4n) is 1.40. The molecule has 0 radical (unpaired) electrons. The average Bonchev–Trinajstić information content (AvgIpc) is 2.08. The van der Waals surface area contributed by atoms with Crippen molar-refractivity contribution in [2.24, 2.45) is 11.3 Å². The van der Waals surface area contributed by atoms with E-state index in [0.29, 0.717) is 0 Å². The first-order chi connectivity index (χ1) is 8.18. The van der Waals surface area contributed by atoms with E-state index in [9.17, 15) is 22.8 Å².